The molecular formula is C21H19F3N4OS. The Labute approximate surface area is 175 Å². The van der Waals surface area contributed by atoms with Crippen LogP contribution in [0.5, 0.6) is 0 Å². The summed E-state index contributed by atoms with van der Waals surface area (Å²) in [5.74, 6) is 0.871. The van der Waals surface area contributed by atoms with Crippen LogP contribution in [0, 0.1) is 0 Å². The number of aryl methyl sites for hydroxylation is 2. The van der Waals surface area contributed by atoms with Gasteiger partial charge in [0.05, 0.1) is 22.0 Å². The second kappa shape index (κ2) is 8.51. The number of nitrogens with zero attached hydrogens (tertiary/aromatic N) is 3. The van der Waals surface area contributed by atoms with Gasteiger partial charge in [0.15, 0.2) is 0 Å². The average molecular weight is 432 g/mol. The van der Waals surface area contributed by atoms with Crippen molar-refractivity contribution >= 4 is 23.4 Å². The van der Waals surface area contributed by atoms with E-state index in [2.05, 4.69) is 14.9 Å². The quantitative estimate of drug-likeness (QED) is 0.575. The van der Waals surface area contributed by atoms with Crippen LogP contribution in [-0.2, 0) is 23.9 Å². The van der Waals surface area contributed by atoms with Gasteiger partial charge in [-0.3, -0.25) is 4.79 Å². The monoisotopic (exact) mass is 432 g/mol. The molecule has 156 valence electrons. The van der Waals surface area contributed by atoms with Crippen LogP contribution >= 0.6 is 11.8 Å². The van der Waals surface area contributed by atoms with Crippen LogP contribution in [0.4, 0.5) is 18.9 Å². The summed E-state index contributed by atoms with van der Waals surface area (Å²) in [5, 5.41) is 3.17. The van der Waals surface area contributed by atoms with Gasteiger partial charge in [0, 0.05) is 36.6 Å². The van der Waals surface area contributed by atoms with Gasteiger partial charge >= 0.3 is 6.18 Å². The number of halogens is 3. The third-order valence-electron chi connectivity index (χ3n) is 4.77. The number of fused-ring (bicyclic) bond motifs is 1. The molecule has 1 aliphatic rings. The van der Waals surface area contributed by atoms with Crippen molar-refractivity contribution in [1.82, 2.24) is 14.5 Å². The zero-order valence-corrected chi connectivity index (χ0v) is 16.8. The lowest BCUT2D eigenvalue weighted by molar-refractivity contribution is -0.137. The number of thioether (sulfide) groups is 1. The van der Waals surface area contributed by atoms with Crippen LogP contribution in [0.3, 0.4) is 0 Å². The number of hydrogen-bond donors (Lipinski definition) is 1. The molecule has 0 saturated heterocycles. The highest BCUT2D eigenvalue weighted by Crippen LogP contribution is 2.29. The fourth-order valence-corrected chi connectivity index (χ4v) is 3.92. The van der Waals surface area contributed by atoms with Gasteiger partial charge in [0.1, 0.15) is 5.82 Å². The third kappa shape index (κ3) is 4.84. The molecule has 4 rings (SSSR count). The summed E-state index contributed by atoms with van der Waals surface area (Å²) in [7, 11) is 0. The Morgan fingerprint density at radius 3 is 2.80 bits per heavy atom. The number of rotatable bonds is 5. The molecule has 30 heavy (non-hydrogen) atoms. The van der Waals surface area contributed by atoms with E-state index >= 15 is 0 Å². The van der Waals surface area contributed by atoms with Crippen LogP contribution in [0.2, 0.25) is 0 Å². The summed E-state index contributed by atoms with van der Waals surface area (Å²) in [6.07, 6.45) is 1.68. The lowest BCUT2D eigenvalue weighted by atomic mass is 10.1. The van der Waals surface area contributed by atoms with E-state index < -0.39 is 11.7 Å². The van der Waals surface area contributed by atoms with E-state index in [1.165, 1.54) is 6.07 Å². The van der Waals surface area contributed by atoms with Crippen molar-refractivity contribution in [3.8, 4) is 11.3 Å². The van der Waals surface area contributed by atoms with Crippen LogP contribution < -0.4 is 5.32 Å². The highest BCUT2D eigenvalue weighted by molar-refractivity contribution is 7.99. The van der Waals surface area contributed by atoms with Crippen LogP contribution in [0.1, 0.15) is 24.2 Å². The number of amides is 1. The minimum atomic E-state index is -4.42. The number of pyridine rings is 1. The van der Waals surface area contributed by atoms with Crippen molar-refractivity contribution in [3.05, 3.63) is 60.2 Å². The molecule has 9 heteroatoms. The van der Waals surface area contributed by atoms with Crippen molar-refractivity contribution in [3.63, 3.8) is 0 Å². The molecule has 0 fully saturated rings. The minimum absolute atomic E-state index is 0.0430. The normalized spacial score (nSPS) is 13.7. The maximum absolute atomic E-state index is 12.6. The number of alkyl halides is 3. The molecule has 0 radical (unpaired) electrons. The van der Waals surface area contributed by atoms with E-state index in [0.29, 0.717) is 10.7 Å². The van der Waals surface area contributed by atoms with E-state index in [0.717, 1.165) is 66.9 Å². The number of aromatic nitrogens is 3. The molecule has 3 heterocycles. The van der Waals surface area contributed by atoms with Gasteiger partial charge < -0.3 is 9.88 Å². The summed E-state index contributed by atoms with van der Waals surface area (Å²) in [4.78, 5) is 20.7. The summed E-state index contributed by atoms with van der Waals surface area (Å²) in [5.41, 5.74) is 1.64. The number of nitrogens with one attached hydrogen (secondary N) is 1. The number of anilines is 1. The molecule has 3 aromatic rings. The Kier molecular flexibility index (Phi) is 5.80. The van der Waals surface area contributed by atoms with Crippen molar-refractivity contribution in [2.24, 2.45) is 0 Å². The number of carbonyl (C=O) groups excluding carboxylic acids is 1. The highest BCUT2D eigenvalue weighted by Gasteiger charge is 2.30. The maximum atomic E-state index is 12.6. The molecule has 1 amide bonds. The Morgan fingerprint density at radius 1 is 1.20 bits per heavy atom. The van der Waals surface area contributed by atoms with E-state index in [4.69, 9.17) is 4.98 Å². The summed E-state index contributed by atoms with van der Waals surface area (Å²) in [6.45, 7) is 0.980. The predicted octanol–water partition coefficient (Wildman–Crippen LogP) is 5.03. The van der Waals surface area contributed by atoms with Crippen molar-refractivity contribution in [2.45, 2.75) is 37.0 Å². The topological polar surface area (TPSA) is 59.8 Å². The van der Waals surface area contributed by atoms with Crippen LogP contribution in [0.15, 0.2) is 53.8 Å². The smallest absolute Gasteiger partial charge is 0.334 e. The first-order valence-corrected chi connectivity index (χ1v) is 10.5. The van der Waals surface area contributed by atoms with E-state index in [1.807, 2.05) is 24.4 Å². The molecule has 5 nitrogen and oxygen atoms in total. The Balaban J connectivity index is 1.37. The molecule has 0 aliphatic carbocycles. The lowest BCUT2D eigenvalue weighted by Crippen LogP contribution is -2.14. The third-order valence-corrected chi connectivity index (χ3v) is 5.71. The largest absolute Gasteiger partial charge is 0.417 e. The molecule has 0 spiro atoms. The first-order valence-electron chi connectivity index (χ1n) is 9.51. The van der Waals surface area contributed by atoms with E-state index in [1.54, 1.807) is 6.07 Å². The van der Waals surface area contributed by atoms with Gasteiger partial charge in [-0.25, -0.2) is 9.97 Å². The number of carbonyl (C=O) groups is 1. The van der Waals surface area contributed by atoms with Gasteiger partial charge in [-0.15, -0.1) is 0 Å². The molecule has 0 bridgehead atoms. The van der Waals surface area contributed by atoms with Gasteiger partial charge in [-0.05, 0) is 37.1 Å². The SMILES string of the molecule is O=C(CSc1ccc(C(F)(F)F)cn1)Nc1cccc(-c2cn3c(n2)CCCC3)c1. The molecule has 2 aromatic heterocycles. The van der Waals surface area contributed by atoms with Crippen molar-refractivity contribution in [1.29, 1.82) is 0 Å². The van der Waals surface area contributed by atoms with Gasteiger partial charge in [0.2, 0.25) is 5.91 Å². The fraction of sp³-hybridized carbons (Fsp3) is 0.286. The average Bonchev–Trinajstić information content (AvgIpc) is 3.16. The lowest BCUT2D eigenvalue weighted by Gasteiger charge is -2.11. The first kappa shape index (κ1) is 20.5. The molecule has 1 N–H and O–H groups in total. The van der Waals surface area contributed by atoms with Gasteiger partial charge in [-0.2, -0.15) is 13.2 Å². The van der Waals surface area contributed by atoms with Crippen LogP contribution in [0.25, 0.3) is 11.3 Å². The molecular weight excluding hydrogens is 413 g/mol. The zero-order chi connectivity index (χ0) is 21.1. The number of benzene rings is 1. The van der Waals surface area contributed by atoms with Crippen molar-refractivity contribution < 1.29 is 18.0 Å². The second-order valence-electron chi connectivity index (χ2n) is 6.99. The van der Waals surface area contributed by atoms with Crippen molar-refractivity contribution in [2.75, 3.05) is 11.1 Å². The zero-order valence-electron chi connectivity index (χ0n) is 15.9. The molecule has 1 aromatic carbocycles. The highest BCUT2D eigenvalue weighted by atomic mass is 32.2. The molecule has 0 atom stereocenters. The molecule has 1 aliphatic heterocycles. The molecule has 0 unspecified atom stereocenters. The predicted molar refractivity (Wildman–Crippen MR) is 109 cm³/mol. The Bertz CT molecular complexity index is 1020. The Hall–Kier alpha value is -2.81. The summed E-state index contributed by atoms with van der Waals surface area (Å²) in [6, 6.07) is 9.69. The summed E-state index contributed by atoms with van der Waals surface area (Å²) >= 11 is 1.08. The number of hydrogen-bond acceptors (Lipinski definition) is 4. The Morgan fingerprint density at radius 2 is 2.07 bits per heavy atom. The molecule has 0 saturated carbocycles. The minimum Gasteiger partial charge on any atom is -0.334 e. The fourth-order valence-electron chi connectivity index (χ4n) is 3.28. The van der Waals surface area contributed by atoms with E-state index in [9.17, 15) is 18.0 Å². The van der Waals surface area contributed by atoms with Crippen LogP contribution in [-0.4, -0.2) is 26.2 Å². The number of imidazole rings is 1. The summed E-state index contributed by atoms with van der Waals surface area (Å²) < 4.78 is 39.9. The van der Waals surface area contributed by atoms with E-state index in [-0.39, 0.29) is 11.7 Å². The standard InChI is InChI=1S/C21H19F3N4OS/c22-21(23,24)15-7-8-20(25-11-15)30-13-19(29)26-16-5-3-4-14(10-16)17-12-28-9-2-1-6-18(28)27-17/h3-5,7-8,10-12H,1-2,6,9,13H2,(H,26,29). The second-order valence-corrected chi connectivity index (χ2v) is 7.99. The van der Waals surface area contributed by atoms with Gasteiger partial charge in [-0.1, -0.05) is 23.9 Å². The first-order chi connectivity index (χ1) is 14.4. The maximum Gasteiger partial charge on any atom is 0.417 e. The van der Waals surface area contributed by atoms with Gasteiger partial charge in [0.25, 0.3) is 0 Å².